The molecule has 0 radical (unpaired) electrons. The minimum Gasteiger partial charge on any atom is -0.233 e. The van der Waals surface area contributed by atoms with Crippen LogP contribution in [0.25, 0.3) is 0 Å². The van der Waals surface area contributed by atoms with Crippen molar-refractivity contribution in [2.75, 3.05) is 0 Å². The molecule has 0 aliphatic heterocycles. The second-order valence-electron chi connectivity index (χ2n) is 4.73. The minimum absolute atomic E-state index is 0.919. The lowest BCUT2D eigenvalue weighted by atomic mass is 10.2. The highest BCUT2D eigenvalue weighted by Gasteiger charge is 2.04. The van der Waals surface area contributed by atoms with Gasteiger partial charge in [0.25, 0.3) is 0 Å². The monoisotopic (exact) mass is 249 g/mol. The van der Waals surface area contributed by atoms with Crippen LogP contribution in [-0.4, -0.2) is 4.57 Å². The lowest BCUT2D eigenvalue weighted by Crippen LogP contribution is -2.31. The van der Waals surface area contributed by atoms with Gasteiger partial charge in [0.1, 0.15) is 25.5 Å². The molecule has 0 bridgehead atoms. The number of aromatic nitrogens is 2. The molecule has 0 saturated carbocycles. The molecule has 0 unspecified atom stereocenters. The van der Waals surface area contributed by atoms with Gasteiger partial charge in [0, 0.05) is 0 Å². The third-order valence-electron chi connectivity index (χ3n) is 3.16. The number of imidazole rings is 1. The Labute approximate surface area is 113 Å². The maximum absolute atomic E-state index is 2.21. The normalized spacial score (nSPS) is 10.5. The fourth-order valence-corrected chi connectivity index (χ4v) is 2.21. The number of rotatable bonds is 4. The lowest BCUT2D eigenvalue weighted by Gasteiger charge is -1.98. The van der Waals surface area contributed by atoms with Crippen LogP contribution in [0.2, 0.25) is 0 Å². The first-order chi connectivity index (χ1) is 9.40. The summed E-state index contributed by atoms with van der Waals surface area (Å²) in [7, 11) is 0. The van der Waals surface area contributed by atoms with E-state index in [2.05, 4.69) is 88.5 Å². The van der Waals surface area contributed by atoms with Crippen molar-refractivity contribution < 1.29 is 4.57 Å². The Balaban J connectivity index is 1.70. The summed E-state index contributed by atoms with van der Waals surface area (Å²) in [5.74, 6) is 0. The van der Waals surface area contributed by atoms with Crippen LogP contribution in [0.1, 0.15) is 11.1 Å². The van der Waals surface area contributed by atoms with Crippen LogP contribution < -0.4 is 4.57 Å². The third-order valence-corrected chi connectivity index (χ3v) is 3.16. The molecule has 3 aromatic rings. The van der Waals surface area contributed by atoms with Crippen LogP contribution in [0.3, 0.4) is 0 Å². The summed E-state index contributed by atoms with van der Waals surface area (Å²) >= 11 is 0. The van der Waals surface area contributed by atoms with Crippen LogP contribution in [0, 0.1) is 0 Å². The Hall–Kier alpha value is -2.35. The van der Waals surface area contributed by atoms with Crippen molar-refractivity contribution in [1.29, 1.82) is 0 Å². The first-order valence-corrected chi connectivity index (χ1v) is 6.53. The molecular weight excluding hydrogens is 232 g/mol. The van der Waals surface area contributed by atoms with E-state index >= 15 is 0 Å². The van der Waals surface area contributed by atoms with Crippen LogP contribution >= 0.6 is 0 Å². The summed E-state index contributed by atoms with van der Waals surface area (Å²) in [6.07, 6.45) is 6.39. The van der Waals surface area contributed by atoms with Crippen molar-refractivity contribution in [2.45, 2.75) is 13.1 Å². The second kappa shape index (κ2) is 5.53. The first kappa shape index (κ1) is 11.7. The maximum atomic E-state index is 2.21. The SMILES string of the molecule is c1ccc(Cn2cc[n+](Cc3ccccc3)c2)cc1. The molecule has 0 fully saturated rings. The summed E-state index contributed by atoms with van der Waals surface area (Å²) < 4.78 is 4.41. The Kier molecular flexibility index (Phi) is 3.41. The fourth-order valence-electron chi connectivity index (χ4n) is 2.21. The highest BCUT2D eigenvalue weighted by atomic mass is 15.1. The van der Waals surface area contributed by atoms with Gasteiger partial charge in [-0.1, -0.05) is 60.7 Å². The van der Waals surface area contributed by atoms with Gasteiger partial charge in [0.05, 0.1) is 0 Å². The van der Waals surface area contributed by atoms with Crippen molar-refractivity contribution >= 4 is 0 Å². The number of hydrogen-bond donors (Lipinski definition) is 0. The van der Waals surface area contributed by atoms with E-state index in [1.807, 2.05) is 0 Å². The molecule has 0 spiro atoms. The average molecular weight is 249 g/mol. The molecule has 0 atom stereocenters. The largest absolute Gasteiger partial charge is 0.244 e. The molecule has 2 aromatic carbocycles. The molecule has 94 valence electrons. The van der Waals surface area contributed by atoms with Crippen molar-refractivity contribution in [2.24, 2.45) is 0 Å². The van der Waals surface area contributed by atoms with Gasteiger partial charge in [-0.25, -0.2) is 9.13 Å². The van der Waals surface area contributed by atoms with Gasteiger partial charge < -0.3 is 0 Å². The zero-order chi connectivity index (χ0) is 12.9. The lowest BCUT2D eigenvalue weighted by molar-refractivity contribution is -0.687. The van der Waals surface area contributed by atoms with Gasteiger partial charge >= 0.3 is 0 Å². The van der Waals surface area contributed by atoms with Gasteiger partial charge in [-0.05, 0) is 11.1 Å². The summed E-state index contributed by atoms with van der Waals surface area (Å²) in [5.41, 5.74) is 2.65. The minimum atomic E-state index is 0.919. The van der Waals surface area contributed by atoms with Gasteiger partial charge in [0.15, 0.2) is 0 Å². The van der Waals surface area contributed by atoms with Crippen LogP contribution in [-0.2, 0) is 13.1 Å². The topological polar surface area (TPSA) is 8.81 Å². The van der Waals surface area contributed by atoms with E-state index in [4.69, 9.17) is 0 Å². The molecule has 0 amide bonds. The molecule has 1 aromatic heterocycles. The van der Waals surface area contributed by atoms with Gasteiger partial charge in [-0.15, -0.1) is 0 Å². The second-order valence-corrected chi connectivity index (χ2v) is 4.73. The van der Waals surface area contributed by atoms with Crippen molar-refractivity contribution in [1.82, 2.24) is 4.57 Å². The van der Waals surface area contributed by atoms with Gasteiger partial charge in [-0.2, -0.15) is 0 Å². The predicted molar refractivity (Wildman–Crippen MR) is 75.7 cm³/mol. The fraction of sp³-hybridized carbons (Fsp3) is 0.118. The third kappa shape index (κ3) is 3.10. The van der Waals surface area contributed by atoms with Gasteiger partial charge in [-0.3, -0.25) is 0 Å². The summed E-state index contributed by atoms with van der Waals surface area (Å²) in [4.78, 5) is 0. The van der Waals surface area contributed by atoms with Crippen LogP contribution in [0.5, 0.6) is 0 Å². The van der Waals surface area contributed by atoms with E-state index in [1.165, 1.54) is 11.1 Å². The number of hydrogen-bond acceptors (Lipinski definition) is 0. The Morgan fingerprint density at radius 2 is 1.42 bits per heavy atom. The van der Waals surface area contributed by atoms with Crippen molar-refractivity contribution in [3.8, 4) is 0 Å². The number of benzene rings is 2. The number of nitrogens with zero attached hydrogens (tertiary/aromatic N) is 2. The Morgan fingerprint density at radius 1 is 0.789 bits per heavy atom. The van der Waals surface area contributed by atoms with Gasteiger partial charge in [0.2, 0.25) is 6.33 Å². The zero-order valence-corrected chi connectivity index (χ0v) is 10.8. The van der Waals surface area contributed by atoms with E-state index < -0.39 is 0 Å². The Morgan fingerprint density at radius 3 is 2.11 bits per heavy atom. The van der Waals surface area contributed by atoms with Crippen molar-refractivity contribution in [3.63, 3.8) is 0 Å². The Bertz CT molecular complexity index is 571. The smallest absolute Gasteiger partial charge is 0.233 e. The molecule has 0 aliphatic carbocycles. The standard InChI is InChI=1S/C17H17N2/c1-3-7-16(8-4-1)13-18-11-12-19(15-18)14-17-9-5-2-6-10-17/h1-12,15H,13-14H2/q+1. The van der Waals surface area contributed by atoms with E-state index in [9.17, 15) is 0 Å². The molecule has 0 aliphatic rings. The molecular formula is C17H17N2+. The molecule has 2 heteroatoms. The molecule has 2 nitrogen and oxygen atoms in total. The summed E-state index contributed by atoms with van der Waals surface area (Å²) in [5, 5.41) is 0. The summed E-state index contributed by atoms with van der Waals surface area (Å²) in [6, 6.07) is 21.0. The zero-order valence-electron chi connectivity index (χ0n) is 10.8. The van der Waals surface area contributed by atoms with E-state index in [0.717, 1.165) is 13.1 Å². The predicted octanol–water partition coefficient (Wildman–Crippen LogP) is 2.87. The molecule has 3 rings (SSSR count). The highest BCUT2D eigenvalue weighted by molar-refractivity contribution is 5.15. The van der Waals surface area contributed by atoms with E-state index in [-0.39, 0.29) is 0 Å². The van der Waals surface area contributed by atoms with Crippen LogP contribution in [0.4, 0.5) is 0 Å². The van der Waals surface area contributed by atoms with Crippen molar-refractivity contribution in [3.05, 3.63) is 90.5 Å². The molecule has 0 saturated heterocycles. The first-order valence-electron chi connectivity index (χ1n) is 6.53. The molecule has 0 N–H and O–H groups in total. The molecule has 1 heterocycles. The van der Waals surface area contributed by atoms with Crippen LogP contribution in [0.15, 0.2) is 79.4 Å². The molecule has 19 heavy (non-hydrogen) atoms. The average Bonchev–Trinajstić information content (AvgIpc) is 2.88. The van der Waals surface area contributed by atoms with E-state index in [0.29, 0.717) is 0 Å². The summed E-state index contributed by atoms with van der Waals surface area (Å²) in [6.45, 7) is 1.84. The quantitative estimate of drug-likeness (QED) is 0.629. The maximum Gasteiger partial charge on any atom is 0.244 e. The highest BCUT2D eigenvalue weighted by Crippen LogP contribution is 2.02. The van der Waals surface area contributed by atoms with E-state index in [1.54, 1.807) is 0 Å².